The van der Waals surface area contributed by atoms with Crippen molar-refractivity contribution in [3.63, 3.8) is 0 Å². The number of ether oxygens (including phenoxy) is 1. The van der Waals surface area contributed by atoms with Crippen LogP contribution in [-0.2, 0) is 4.74 Å². The van der Waals surface area contributed by atoms with Crippen molar-refractivity contribution in [2.24, 2.45) is 0 Å². The smallest absolute Gasteiger partial charge is 0.171 e. The minimum Gasteiger partial charge on any atom is -0.383 e. The van der Waals surface area contributed by atoms with Gasteiger partial charge in [0, 0.05) is 23.3 Å². The van der Waals surface area contributed by atoms with Crippen LogP contribution >= 0.6 is 39.7 Å². The Morgan fingerprint density at radius 1 is 1.59 bits per heavy atom. The summed E-state index contributed by atoms with van der Waals surface area (Å²) >= 11 is 14.5. The van der Waals surface area contributed by atoms with Gasteiger partial charge in [0.25, 0.3) is 0 Å². The van der Waals surface area contributed by atoms with Gasteiger partial charge in [-0.1, -0.05) is 11.6 Å². The maximum absolute atomic E-state index is 5.98. The number of benzene rings is 1. The zero-order valence-electron chi connectivity index (χ0n) is 9.59. The van der Waals surface area contributed by atoms with Gasteiger partial charge >= 0.3 is 0 Å². The number of hydrogen-bond acceptors (Lipinski definition) is 2. The lowest BCUT2D eigenvalue weighted by Gasteiger charge is -2.16. The fourth-order valence-electron chi connectivity index (χ4n) is 1.26. The van der Waals surface area contributed by atoms with Crippen LogP contribution in [0.25, 0.3) is 0 Å². The standard InChI is InChI=1S/C11H14BrClN2OS/c1-7(6-16-2)14-11(17)15-8-3-4-9(12)10(13)5-8/h3-5,7H,6H2,1-2H3,(H2,14,15,17). The van der Waals surface area contributed by atoms with E-state index in [1.54, 1.807) is 13.2 Å². The van der Waals surface area contributed by atoms with E-state index in [0.29, 0.717) is 16.7 Å². The number of anilines is 1. The molecule has 1 aromatic carbocycles. The third kappa shape index (κ3) is 5.21. The van der Waals surface area contributed by atoms with Crippen molar-refractivity contribution >= 4 is 50.5 Å². The normalized spacial score (nSPS) is 12.0. The van der Waals surface area contributed by atoms with E-state index in [-0.39, 0.29) is 6.04 Å². The van der Waals surface area contributed by atoms with Crippen molar-refractivity contribution in [1.82, 2.24) is 5.32 Å². The lowest BCUT2D eigenvalue weighted by molar-refractivity contribution is 0.179. The second kappa shape index (κ2) is 7.16. The summed E-state index contributed by atoms with van der Waals surface area (Å²) in [7, 11) is 1.66. The number of nitrogens with one attached hydrogen (secondary N) is 2. The molecule has 0 bridgehead atoms. The van der Waals surface area contributed by atoms with Crippen molar-refractivity contribution < 1.29 is 4.74 Å². The first-order valence-electron chi connectivity index (χ1n) is 5.04. The predicted molar refractivity (Wildman–Crippen MR) is 79.8 cm³/mol. The van der Waals surface area contributed by atoms with Crippen LogP contribution in [0, 0.1) is 0 Å². The van der Waals surface area contributed by atoms with Crippen molar-refractivity contribution in [3.05, 3.63) is 27.7 Å². The van der Waals surface area contributed by atoms with E-state index in [9.17, 15) is 0 Å². The summed E-state index contributed by atoms with van der Waals surface area (Å²) in [6.07, 6.45) is 0. The molecule has 6 heteroatoms. The van der Waals surface area contributed by atoms with E-state index < -0.39 is 0 Å². The molecule has 94 valence electrons. The van der Waals surface area contributed by atoms with Gasteiger partial charge in [0.1, 0.15) is 0 Å². The van der Waals surface area contributed by atoms with Crippen LogP contribution in [0.1, 0.15) is 6.92 Å². The summed E-state index contributed by atoms with van der Waals surface area (Å²) in [6, 6.07) is 5.73. The van der Waals surface area contributed by atoms with Crippen molar-refractivity contribution in [2.75, 3.05) is 19.0 Å². The maximum atomic E-state index is 5.98. The molecule has 0 heterocycles. The molecule has 0 fully saturated rings. The van der Waals surface area contributed by atoms with E-state index in [2.05, 4.69) is 26.6 Å². The van der Waals surface area contributed by atoms with Gasteiger partial charge in [-0.25, -0.2) is 0 Å². The SMILES string of the molecule is COCC(C)NC(=S)Nc1ccc(Br)c(Cl)c1. The Morgan fingerprint density at radius 3 is 2.88 bits per heavy atom. The Bertz CT molecular complexity index is 403. The van der Waals surface area contributed by atoms with E-state index in [0.717, 1.165) is 10.2 Å². The topological polar surface area (TPSA) is 33.3 Å². The van der Waals surface area contributed by atoms with Gasteiger partial charge in [-0.3, -0.25) is 0 Å². The van der Waals surface area contributed by atoms with Crippen LogP contribution in [0.2, 0.25) is 5.02 Å². The van der Waals surface area contributed by atoms with Crippen LogP contribution < -0.4 is 10.6 Å². The minimum atomic E-state index is 0.158. The van der Waals surface area contributed by atoms with Gasteiger partial charge in [-0.15, -0.1) is 0 Å². The Balaban J connectivity index is 2.53. The van der Waals surface area contributed by atoms with Gasteiger partial charge in [0.15, 0.2) is 5.11 Å². The molecule has 0 aliphatic rings. The van der Waals surface area contributed by atoms with Gasteiger partial charge in [-0.05, 0) is 53.3 Å². The quantitative estimate of drug-likeness (QED) is 0.825. The van der Waals surface area contributed by atoms with E-state index >= 15 is 0 Å². The van der Waals surface area contributed by atoms with E-state index in [1.165, 1.54) is 0 Å². The molecule has 0 aliphatic heterocycles. The summed E-state index contributed by atoms with van der Waals surface area (Å²) in [5, 5.41) is 7.35. The fourth-order valence-corrected chi connectivity index (χ4v) is 2.00. The van der Waals surface area contributed by atoms with Gasteiger partial charge in [-0.2, -0.15) is 0 Å². The molecule has 0 aromatic heterocycles. The lowest BCUT2D eigenvalue weighted by atomic mass is 10.3. The molecule has 0 saturated heterocycles. The molecule has 3 nitrogen and oxygen atoms in total. The van der Waals surface area contributed by atoms with Gasteiger partial charge in [0.2, 0.25) is 0 Å². The summed E-state index contributed by atoms with van der Waals surface area (Å²) in [5.74, 6) is 0. The molecule has 1 unspecified atom stereocenters. The zero-order valence-corrected chi connectivity index (χ0v) is 12.7. The molecular weight excluding hydrogens is 324 g/mol. The Morgan fingerprint density at radius 2 is 2.29 bits per heavy atom. The molecule has 1 aromatic rings. The van der Waals surface area contributed by atoms with Gasteiger partial charge < -0.3 is 15.4 Å². The average molecular weight is 338 g/mol. The highest BCUT2D eigenvalue weighted by molar-refractivity contribution is 9.10. The molecule has 0 amide bonds. The zero-order chi connectivity index (χ0) is 12.8. The van der Waals surface area contributed by atoms with E-state index in [1.807, 2.05) is 19.1 Å². The van der Waals surface area contributed by atoms with Crippen molar-refractivity contribution in [3.8, 4) is 0 Å². The van der Waals surface area contributed by atoms with Crippen LogP contribution in [0.15, 0.2) is 22.7 Å². The highest BCUT2D eigenvalue weighted by Crippen LogP contribution is 2.25. The molecule has 0 radical (unpaired) electrons. The molecule has 0 spiro atoms. The third-order valence-corrected chi connectivity index (χ3v) is 3.42. The monoisotopic (exact) mass is 336 g/mol. The largest absolute Gasteiger partial charge is 0.383 e. The molecule has 2 N–H and O–H groups in total. The van der Waals surface area contributed by atoms with E-state index in [4.69, 9.17) is 28.6 Å². The van der Waals surface area contributed by atoms with Gasteiger partial charge in [0.05, 0.1) is 11.6 Å². The summed E-state index contributed by atoms with van der Waals surface area (Å²) in [4.78, 5) is 0. The highest BCUT2D eigenvalue weighted by atomic mass is 79.9. The first kappa shape index (κ1) is 14.7. The Kier molecular flexibility index (Phi) is 6.19. The molecule has 1 rings (SSSR count). The second-order valence-corrected chi connectivity index (χ2v) is 5.25. The van der Waals surface area contributed by atoms with Crippen LogP contribution in [-0.4, -0.2) is 24.9 Å². The molecular formula is C11H14BrClN2OS. The number of methoxy groups -OCH3 is 1. The van der Waals surface area contributed by atoms with Crippen LogP contribution in [0.3, 0.4) is 0 Å². The number of thiocarbonyl (C=S) groups is 1. The number of rotatable bonds is 4. The van der Waals surface area contributed by atoms with Crippen LogP contribution in [0.4, 0.5) is 5.69 Å². The molecule has 1 atom stereocenters. The second-order valence-electron chi connectivity index (χ2n) is 3.58. The maximum Gasteiger partial charge on any atom is 0.171 e. The number of hydrogen-bond donors (Lipinski definition) is 2. The third-order valence-electron chi connectivity index (χ3n) is 1.97. The van der Waals surface area contributed by atoms with Crippen molar-refractivity contribution in [2.45, 2.75) is 13.0 Å². The number of halogens is 2. The molecule has 0 saturated carbocycles. The summed E-state index contributed by atoms with van der Waals surface area (Å²) in [6.45, 7) is 2.59. The van der Waals surface area contributed by atoms with Crippen molar-refractivity contribution in [1.29, 1.82) is 0 Å². The summed E-state index contributed by atoms with van der Waals surface area (Å²) in [5.41, 5.74) is 0.848. The predicted octanol–water partition coefficient (Wildman–Crippen LogP) is 3.42. The average Bonchev–Trinajstić information content (AvgIpc) is 2.23. The Labute approximate surface area is 120 Å². The Hall–Kier alpha value is -0.360. The highest BCUT2D eigenvalue weighted by Gasteiger charge is 2.04. The first-order chi connectivity index (χ1) is 8.02. The first-order valence-corrected chi connectivity index (χ1v) is 6.62. The van der Waals surface area contributed by atoms with Crippen LogP contribution in [0.5, 0.6) is 0 Å². The molecule has 0 aliphatic carbocycles. The summed E-state index contributed by atoms with van der Waals surface area (Å²) < 4.78 is 5.87. The fraction of sp³-hybridized carbons (Fsp3) is 0.364. The molecule has 17 heavy (non-hydrogen) atoms. The minimum absolute atomic E-state index is 0.158. The lowest BCUT2D eigenvalue weighted by Crippen LogP contribution is -2.38.